The Kier molecular flexibility index (Phi) is 3.52. The molecule has 0 aromatic carbocycles. The Labute approximate surface area is 74.9 Å². The van der Waals surface area contributed by atoms with Gasteiger partial charge in [-0.05, 0) is 11.4 Å². The highest BCUT2D eigenvalue weighted by atomic mass is 32.1. The van der Waals surface area contributed by atoms with Gasteiger partial charge < -0.3 is 9.90 Å². The average Bonchev–Trinajstić information content (AvgIpc) is 2.52. The fourth-order valence-corrected chi connectivity index (χ4v) is 1.45. The first-order valence-corrected chi connectivity index (χ1v) is 4.36. The Balaban J connectivity index is 2.75. The lowest BCUT2D eigenvalue weighted by atomic mass is 10.2. The summed E-state index contributed by atoms with van der Waals surface area (Å²) in [6.07, 6.45) is 1.01. The molecule has 0 radical (unpaired) electrons. The molecule has 1 heterocycles. The van der Waals surface area contributed by atoms with Gasteiger partial charge in [-0.1, -0.05) is 11.8 Å². The van der Waals surface area contributed by atoms with E-state index in [-0.39, 0.29) is 13.0 Å². The van der Waals surface area contributed by atoms with Gasteiger partial charge in [0.2, 0.25) is 0 Å². The number of rotatable bonds is 2. The molecule has 0 fully saturated rings. The Morgan fingerprint density at radius 3 is 3.17 bits per heavy atom. The summed E-state index contributed by atoms with van der Waals surface area (Å²) in [6, 6.07) is 1.84. The molecule has 1 N–H and O–H groups in total. The lowest BCUT2D eigenvalue weighted by Gasteiger charge is -1.88. The van der Waals surface area contributed by atoms with E-state index < -0.39 is 0 Å². The lowest BCUT2D eigenvalue weighted by Crippen LogP contribution is -1.80. The Hall–Kier alpha value is -1.11. The minimum Gasteiger partial charge on any atom is -0.391 e. The van der Waals surface area contributed by atoms with Crippen LogP contribution in [0.15, 0.2) is 11.4 Å². The van der Waals surface area contributed by atoms with Crippen LogP contribution in [-0.2, 0) is 11.4 Å². The highest BCUT2D eigenvalue weighted by Crippen LogP contribution is 2.14. The first-order chi connectivity index (χ1) is 5.88. The van der Waals surface area contributed by atoms with Crippen molar-refractivity contribution in [2.24, 2.45) is 0 Å². The van der Waals surface area contributed by atoms with Crippen molar-refractivity contribution in [2.75, 3.05) is 0 Å². The summed E-state index contributed by atoms with van der Waals surface area (Å²) < 4.78 is 0. The maximum Gasteiger partial charge on any atom is 0.131 e. The molecule has 0 atom stereocenters. The third kappa shape index (κ3) is 2.19. The van der Waals surface area contributed by atoms with Crippen LogP contribution in [0.4, 0.5) is 0 Å². The molecule has 0 spiro atoms. The van der Waals surface area contributed by atoms with Crippen LogP contribution in [0.2, 0.25) is 0 Å². The van der Waals surface area contributed by atoms with E-state index in [9.17, 15) is 4.79 Å². The standard InChI is InChI=1S/C9H8O2S/c10-5-2-1-3-8-4-6-12-9(8)7-11/h4-6,11H,2,7H2. The number of carbonyl (C=O) groups is 1. The van der Waals surface area contributed by atoms with Crippen molar-refractivity contribution in [1.82, 2.24) is 0 Å². The van der Waals surface area contributed by atoms with Crippen LogP contribution in [0.1, 0.15) is 16.9 Å². The molecule has 0 bridgehead atoms. The summed E-state index contributed by atoms with van der Waals surface area (Å²) >= 11 is 1.47. The Morgan fingerprint density at radius 2 is 2.50 bits per heavy atom. The van der Waals surface area contributed by atoms with E-state index in [1.807, 2.05) is 11.4 Å². The SMILES string of the molecule is O=CCC#Cc1ccsc1CO. The number of hydrogen-bond acceptors (Lipinski definition) is 3. The zero-order chi connectivity index (χ0) is 8.81. The van der Waals surface area contributed by atoms with Gasteiger partial charge >= 0.3 is 0 Å². The first kappa shape index (κ1) is 8.98. The van der Waals surface area contributed by atoms with Gasteiger partial charge in [0.1, 0.15) is 6.29 Å². The van der Waals surface area contributed by atoms with E-state index in [4.69, 9.17) is 5.11 Å². The van der Waals surface area contributed by atoms with Crippen LogP contribution in [0.3, 0.4) is 0 Å². The van der Waals surface area contributed by atoms with Crippen molar-refractivity contribution in [3.05, 3.63) is 21.9 Å². The van der Waals surface area contributed by atoms with Gasteiger partial charge in [-0.2, -0.15) is 0 Å². The summed E-state index contributed by atoms with van der Waals surface area (Å²) in [5.41, 5.74) is 0.823. The minimum atomic E-state index is 0.0166. The molecule has 0 aliphatic heterocycles. The first-order valence-electron chi connectivity index (χ1n) is 3.48. The number of thiophene rings is 1. The maximum atomic E-state index is 9.94. The zero-order valence-electron chi connectivity index (χ0n) is 6.41. The number of aldehydes is 1. The van der Waals surface area contributed by atoms with Gasteiger partial charge in [0, 0.05) is 10.4 Å². The maximum absolute atomic E-state index is 9.94. The van der Waals surface area contributed by atoms with E-state index in [1.165, 1.54) is 11.3 Å². The van der Waals surface area contributed by atoms with Gasteiger partial charge in [-0.15, -0.1) is 11.3 Å². The molecule has 62 valence electrons. The minimum absolute atomic E-state index is 0.0166. The van der Waals surface area contributed by atoms with Gasteiger partial charge in [0.15, 0.2) is 0 Å². The van der Waals surface area contributed by atoms with Crippen molar-refractivity contribution in [3.63, 3.8) is 0 Å². The quantitative estimate of drug-likeness (QED) is 0.548. The van der Waals surface area contributed by atoms with Crippen LogP contribution in [0, 0.1) is 11.8 Å². The molecular formula is C9H8O2S. The molecule has 0 aliphatic rings. The molecule has 1 rings (SSSR count). The van der Waals surface area contributed by atoms with Crippen LogP contribution in [0.5, 0.6) is 0 Å². The molecule has 0 saturated heterocycles. The van der Waals surface area contributed by atoms with E-state index in [0.29, 0.717) is 0 Å². The summed E-state index contributed by atoms with van der Waals surface area (Å²) in [4.78, 5) is 10.8. The summed E-state index contributed by atoms with van der Waals surface area (Å²) in [7, 11) is 0. The second-order valence-corrected chi connectivity index (χ2v) is 3.09. The molecule has 0 amide bonds. The van der Waals surface area contributed by atoms with Crippen molar-refractivity contribution < 1.29 is 9.90 Å². The summed E-state index contributed by atoms with van der Waals surface area (Å²) in [5, 5.41) is 10.7. The zero-order valence-corrected chi connectivity index (χ0v) is 7.23. The third-order valence-corrected chi connectivity index (χ3v) is 2.20. The van der Waals surface area contributed by atoms with E-state index in [2.05, 4.69) is 11.8 Å². The lowest BCUT2D eigenvalue weighted by molar-refractivity contribution is -0.107. The van der Waals surface area contributed by atoms with Crippen LogP contribution in [0.25, 0.3) is 0 Å². The fourth-order valence-electron chi connectivity index (χ4n) is 0.762. The molecule has 1 aromatic rings. The third-order valence-electron chi connectivity index (χ3n) is 1.30. The van der Waals surface area contributed by atoms with E-state index in [1.54, 1.807) is 0 Å². The van der Waals surface area contributed by atoms with Crippen molar-refractivity contribution in [3.8, 4) is 11.8 Å². The smallest absolute Gasteiger partial charge is 0.131 e. The fraction of sp³-hybridized carbons (Fsp3) is 0.222. The number of hydrogen-bond donors (Lipinski definition) is 1. The van der Waals surface area contributed by atoms with Gasteiger partial charge in [0.05, 0.1) is 13.0 Å². The van der Waals surface area contributed by atoms with Gasteiger partial charge in [0.25, 0.3) is 0 Å². The number of aliphatic hydroxyl groups excluding tert-OH is 1. The topological polar surface area (TPSA) is 37.3 Å². The molecular weight excluding hydrogens is 172 g/mol. The summed E-state index contributed by atoms with van der Waals surface area (Å²) in [6.45, 7) is 0.0166. The van der Waals surface area contributed by atoms with Crippen molar-refractivity contribution in [1.29, 1.82) is 0 Å². The highest BCUT2D eigenvalue weighted by Gasteiger charge is 1.97. The highest BCUT2D eigenvalue weighted by molar-refractivity contribution is 7.10. The number of carbonyl (C=O) groups excluding carboxylic acids is 1. The van der Waals surface area contributed by atoms with Crippen molar-refractivity contribution >= 4 is 17.6 Å². The predicted molar refractivity (Wildman–Crippen MR) is 47.8 cm³/mol. The van der Waals surface area contributed by atoms with Gasteiger partial charge in [-0.3, -0.25) is 0 Å². The molecule has 1 aromatic heterocycles. The van der Waals surface area contributed by atoms with Crippen LogP contribution < -0.4 is 0 Å². The molecule has 0 aliphatic carbocycles. The van der Waals surface area contributed by atoms with Crippen molar-refractivity contribution in [2.45, 2.75) is 13.0 Å². The molecule has 2 nitrogen and oxygen atoms in total. The van der Waals surface area contributed by atoms with Crippen LogP contribution >= 0.6 is 11.3 Å². The van der Waals surface area contributed by atoms with E-state index >= 15 is 0 Å². The molecule has 12 heavy (non-hydrogen) atoms. The molecule has 0 saturated carbocycles. The normalized spacial score (nSPS) is 8.75. The predicted octanol–water partition coefficient (Wildman–Crippen LogP) is 1.18. The van der Waals surface area contributed by atoms with Crippen LogP contribution in [-0.4, -0.2) is 11.4 Å². The second-order valence-electron chi connectivity index (χ2n) is 2.09. The Bertz CT molecular complexity index is 317. The molecule has 3 heteroatoms. The molecule has 0 unspecified atom stereocenters. The summed E-state index contributed by atoms with van der Waals surface area (Å²) in [5.74, 6) is 5.50. The second kappa shape index (κ2) is 4.70. The van der Waals surface area contributed by atoms with E-state index in [0.717, 1.165) is 16.7 Å². The monoisotopic (exact) mass is 180 g/mol. The average molecular weight is 180 g/mol. The largest absolute Gasteiger partial charge is 0.391 e. The Morgan fingerprint density at radius 1 is 1.67 bits per heavy atom. The number of aliphatic hydroxyl groups is 1. The van der Waals surface area contributed by atoms with Gasteiger partial charge in [-0.25, -0.2) is 0 Å².